The number of hydrogen-bond acceptors (Lipinski definition) is 6. The molecule has 0 fully saturated rings. The molecule has 4 aromatic rings. The van der Waals surface area contributed by atoms with Crippen LogP contribution in [0, 0.1) is 26.2 Å². The number of ether oxygens (including phenoxy) is 1. The summed E-state index contributed by atoms with van der Waals surface area (Å²) in [4.78, 5) is 23.7. The van der Waals surface area contributed by atoms with E-state index in [1.165, 1.54) is 11.3 Å². The van der Waals surface area contributed by atoms with Crippen LogP contribution in [0.5, 0.6) is 0 Å². The number of nitrogens with zero attached hydrogens (tertiary/aromatic N) is 2. The SMILES string of the molecule is C#CCOCC(O)CN(Cc1ccccc1)Cc1nc2scc(-c3cc(C)ccc3C)c2c(=O)[nH]1. The first-order valence-electron chi connectivity index (χ1n) is 11.5. The molecule has 0 spiro atoms. The van der Waals surface area contributed by atoms with E-state index in [-0.39, 0.29) is 18.8 Å². The van der Waals surface area contributed by atoms with Gasteiger partial charge in [-0.2, -0.15) is 0 Å². The minimum Gasteiger partial charge on any atom is -0.389 e. The fraction of sp³-hybridized carbons (Fsp3) is 0.286. The molecular weight excluding hydrogens is 458 g/mol. The number of aromatic nitrogens is 2. The molecule has 0 saturated carbocycles. The summed E-state index contributed by atoms with van der Waals surface area (Å²) >= 11 is 1.47. The Morgan fingerprint density at radius 2 is 1.97 bits per heavy atom. The lowest BCUT2D eigenvalue weighted by atomic mass is 9.99. The Morgan fingerprint density at radius 3 is 2.74 bits per heavy atom. The van der Waals surface area contributed by atoms with Crippen molar-refractivity contribution >= 4 is 21.6 Å². The summed E-state index contributed by atoms with van der Waals surface area (Å²) in [6.45, 7) is 5.71. The average Bonchev–Trinajstić information content (AvgIpc) is 3.26. The number of benzene rings is 2. The number of thiophene rings is 1. The maximum atomic E-state index is 13.2. The van der Waals surface area contributed by atoms with Gasteiger partial charge in [-0.15, -0.1) is 17.8 Å². The van der Waals surface area contributed by atoms with Crippen LogP contribution in [-0.4, -0.2) is 45.8 Å². The number of H-pyrrole nitrogens is 1. The molecule has 2 aromatic carbocycles. The Bertz CT molecular complexity index is 1390. The largest absolute Gasteiger partial charge is 0.389 e. The van der Waals surface area contributed by atoms with E-state index in [4.69, 9.17) is 16.1 Å². The van der Waals surface area contributed by atoms with E-state index in [1.807, 2.05) is 54.5 Å². The lowest BCUT2D eigenvalue weighted by Crippen LogP contribution is -2.35. The van der Waals surface area contributed by atoms with Crippen molar-refractivity contribution in [3.05, 3.63) is 86.8 Å². The van der Waals surface area contributed by atoms with E-state index < -0.39 is 6.10 Å². The second-order valence-corrected chi connectivity index (χ2v) is 9.55. The van der Waals surface area contributed by atoms with Gasteiger partial charge in [0, 0.05) is 24.0 Å². The fourth-order valence-electron chi connectivity index (χ4n) is 4.14. The summed E-state index contributed by atoms with van der Waals surface area (Å²) in [7, 11) is 0. The molecule has 2 aromatic heterocycles. The summed E-state index contributed by atoms with van der Waals surface area (Å²) in [5.74, 6) is 2.96. The van der Waals surface area contributed by atoms with Gasteiger partial charge in [-0.25, -0.2) is 4.98 Å². The molecule has 0 bridgehead atoms. The summed E-state index contributed by atoms with van der Waals surface area (Å²) < 4.78 is 5.30. The van der Waals surface area contributed by atoms with Crippen LogP contribution in [0.3, 0.4) is 0 Å². The predicted molar refractivity (Wildman–Crippen MR) is 141 cm³/mol. The molecule has 0 radical (unpaired) electrons. The van der Waals surface area contributed by atoms with Crippen molar-refractivity contribution in [2.24, 2.45) is 0 Å². The number of hydrogen-bond donors (Lipinski definition) is 2. The van der Waals surface area contributed by atoms with E-state index in [9.17, 15) is 9.90 Å². The van der Waals surface area contributed by atoms with Crippen LogP contribution in [0.25, 0.3) is 21.3 Å². The van der Waals surface area contributed by atoms with E-state index in [0.717, 1.165) is 27.8 Å². The molecule has 2 N–H and O–H groups in total. The zero-order chi connectivity index (χ0) is 24.8. The van der Waals surface area contributed by atoms with Crippen molar-refractivity contribution < 1.29 is 9.84 Å². The molecule has 0 aliphatic rings. The van der Waals surface area contributed by atoms with E-state index in [1.54, 1.807) is 0 Å². The molecule has 0 saturated heterocycles. The molecule has 1 unspecified atom stereocenters. The minimum absolute atomic E-state index is 0.141. The van der Waals surface area contributed by atoms with Crippen molar-refractivity contribution in [1.82, 2.24) is 14.9 Å². The molecule has 35 heavy (non-hydrogen) atoms. The van der Waals surface area contributed by atoms with Crippen molar-refractivity contribution in [1.29, 1.82) is 0 Å². The smallest absolute Gasteiger partial charge is 0.260 e. The van der Waals surface area contributed by atoms with Crippen molar-refractivity contribution in [3.63, 3.8) is 0 Å². The number of aryl methyl sites for hydroxylation is 2. The summed E-state index contributed by atoms with van der Waals surface area (Å²) in [6, 6.07) is 16.2. The maximum absolute atomic E-state index is 13.2. The highest BCUT2D eigenvalue weighted by Gasteiger charge is 2.18. The standard InChI is InChI=1S/C28H29N3O3S/c1-4-12-34-17-22(32)15-31(14-21-8-6-5-7-9-21)16-25-29-27(33)26-24(18-35-28(26)30-25)23-13-19(2)10-11-20(23)3/h1,5-11,13,18,22,32H,12,14-17H2,2-3H3,(H,29,30,33). The highest BCUT2D eigenvalue weighted by molar-refractivity contribution is 7.17. The van der Waals surface area contributed by atoms with E-state index in [0.29, 0.717) is 35.7 Å². The van der Waals surface area contributed by atoms with Gasteiger partial charge < -0.3 is 14.8 Å². The van der Waals surface area contributed by atoms with Crippen molar-refractivity contribution in [2.75, 3.05) is 19.8 Å². The number of fused-ring (bicyclic) bond motifs is 1. The molecule has 2 heterocycles. The molecule has 0 aliphatic carbocycles. The van der Waals surface area contributed by atoms with E-state index >= 15 is 0 Å². The zero-order valence-electron chi connectivity index (χ0n) is 20.0. The van der Waals surface area contributed by atoms with Gasteiger partial charge in [0.1, 0.15) is 17.3 Å². The van der Waals surface area contributed by atoms with Crippen molar-refractivity contribution in [2.45, 2.75) is 33.0 Å². The minimum atomic E-state index is -0.722. The van der Waals surface area contributed by atoms with Crippen LogP contribution < -0.4 is 5.56 Å². The Kier molecular flexibility index (Phi) is 8.11. The lowest BCUT2D eigenvalue weighted by Gasteiger charge is -2.24. The molecule has 180 valence electrons. The van der Waals surface area contributed by atoms with Crippen LogP contribution in [0.4, 0.5) is 0 Å². The number of aromatic amines is 1. The number of terminal acetylenes is 1. The summed E-state index contributed by atoms with van der Waals surface area (Å²) in [5.41, 5.74) is 5.17. The highest BCUT2D eigenvalue weighted by atomic mass is 32.1. The quantitative estimate of drug-likeness (QED) is 0.258. The van der Waals surface area contributed by atoms with Crippen LogP contribution in [0.2, 0.25) is 0 Å². The average molecular weight is 488 g/mol. The second kappa shape index (κ2) is 11.4. The first-order chi connectivity index (χ1) is 16.9. The van der Waals surface area contributed by atoms with Gasteiger partial charge in [0.25, 0.3) is 5.56 Å². The molecule has 0 aliphatic heterocycles. The third kappa shape index (κ3) is 6.24. The summed E-state index contributed by atoms with van der Waals surface area (Å²) in [6.07, 6.45) is 4.50. The van der Waals surface area contributed by atoms with Crippen LogP contribution >= 0.6 is 11.3 Å². The van der Waals surface area contributed by atoms with Crippen LogP contribution in [0.1, 0.15) is 22.5 Å². The molecule has 6 nitrogen and oxygen atoms in total. The first kappa shape index (κ1) is 24.8. The third-order valence-electron chi connectivity index (χ3n) is 5.76. The van der Waals surface area contributed by atoms with Gasteiger partial charge in [0.05, 0.1) is 24.6 Å². The second-order valence-electron chi connectivity index (χ2n) is 8.69. The highest BCUT2D eigenvalue weighted by Crippen LogP contribution is 2.33. The van der Waals surface area contributed by atoms with Gasteiger partial charge in [0.15, 0.2) is 0 Å². The zero-order valence-corrected chi connectivity index (χ0v) is 20.8. The van der Waals surface area contributed by atoms with Gasteiger partial charge in [-0.1, -0.05) is 60.0 Å². The fourth-order valence-corrected chi connectivity index (χ4v) is 5.09. The number of aliphatic hydroxyl groups is 1. The van der Waals surface area contributed by atoms with Gasteiger partial charge in [0.2, 0.25) is 0 Å². The Morgan fingerprint density at radius 1 is 1.17 bits per heavy atom. The van der Waals surface area contributed by atoms with Crippen molar-refractivity contribution in [3.8, 4) is 23.5 Å². The molecule has 1 atom stereocenters. The molecule has 7 heteroatoms. The first-order valence-corrected chi connectivity index (χ1v) is 12.4. The van der Waals surface area contributed by atoms with Crippen LogP contribution in [0.15, 0.2) is 58.7 Å². The molecular formula is C28H29N3O3S. The van der Waals surface area contributed by atoms with Gasteiger partial charge in [-0.3, -0.25) is 9.69 Å². The monoisotopic (exact) mass is 487 g/mol. The number of nitrogens with one attached hydrogen (secondary N) is 1. The Balaban J connectivity index is 1.61. The normalized spacial score (nSPS) is 12.2. The Hall–Kier alpha value is -3.28. The van der Waals surface area contributed by atoms with E-state index in [2.05, 4.69) is 29.1 Å². The topological polar surface area (TPSA) is 78.5 Å². The predicted octanol–water partition coefficient (Wildman–Crippen LogP) is 4.28. The lowest BCUT2D eigenvalue weighted by molar-refractivity contribution is 0.0238. The summed E-state index contributed by atoms with van der Waals surface area (Å²) in [5, 5.41) is 13.1. The maximum Gasteiger partial charge on any atom is 0.260 e. The molecule has 4 rings (SSSR count). The number of rotatable bonds is 10. The number of aliphatic hydroxyl groups excluding tert-OH is 1. The van der Waals surface area contributed by atoms with Gasteiger partial charge in [-0.05, 0) is 30.5 Å². The van der Waals surface area contributed by atoms with Crippen LogP contribution in [-0.2, 0) is 17.8 Å². The Labute approximate surface area is 209 Å². The third-order valence-corrected chi connectivity index (χ3v) is 6.64. The molecule has 0 amide bonds. The van der Waals surface area contributed by atoms with Gasteiger partial charge >= 0.3 is 0 Å².